The zero-order chi connectivity index (χ0) is 13.2. The molecule has 0 spiro atoms. The molecule has 0 fully saturated rings. The van der Waals surface area contributed by atoms with Gasteiger partial charge in [-0.2, -0.15) is 0 Å². The minimum Gasteiger partial charge on any atom is -0.322 e. The van der Waals surface area contributed by atoms with Crippen molar-refractivity contribution in [1.29, 1.82) is 0 Å². The number of aromatic nitrogens is 1. The highest BCUT2D eigenvalue weighted by atomic mass is 79.9. The van der Waals surface area contributed by atoms with Gasteiger partial charge in [-0.05, 0) is 57.0 Å². The van der Waals surface area contributed by atoms with Crippen LogP contribution in [0.15, 0.2) is 52.6 Å². The van der Waals surface area contributed by atoms with Gasteiger partial charge in [-0.15, -0.1) is 11.3 Å². The van der Waals surface area contributed by atoms with Crippen molar-refractivity contribution in [3.05, 3.63) is 58.1 Å². The van der Waals surface area contributed by atoms with Crippen molar-refractivity contribution in [2.75, 3.05) is 5.32 Å². The highest BCUT2D eigenvalue weighted by Gasteiger charge is 2.07. The number of thiophene rings is 1. The first-order chi connectivity index (χ1) is 9.22. The molecule has 5 heteroatoms. The molecule has 0 atom stereocenters. The molecular weight excluding hydrogens is 324 g/mol. The molecule has 19 heavy (non-hydrogen) atoms. The Labute approximate surface area is 122 Å². The number of anilines is 1. The summed E-state index contributed by atoms with van der Waals surface area (Å²) in [5.41, 5.74) is 1.32. The summed E-state index contributed by atoms with van der Waals surface area (Å²) in [6, 6.07) is 9.66. The van der Waals surface area contributed by atoms with Crippen LogP contribution in [-0.2, 0) is 0 Å². The van der Waals surface area contributed by atoms with Crippen molar-refractivity contribution in [3.63, 3.8) is 0 Å². The summed E-state index contributed by atoms with van der Waals surface area (Å²) in [5.74, 6) is -0.164. The van der Waals surface area contributed by atoms with E-state index in [2.05, 4.69) is 26.2 Å². The second-order valence-corrected chi connectivity index (χ2v) is 5.88. The normalized spacial score (nSPS) is 10.6. The van der Waals surface area contributed by atoms with E-state index in [1.54, 1.807) is 29.8 Å². The molecule has 3 nitrogen and oxygen atoms in total. The van der Waals surface area contributed by atoms with Crippen molar-refractivity contribution >= 4 is 48.9 Å². The van der Waals surface area contributed by atoms with Crippen LogP contribution in [0.25, 0.3) is 10.1 Å². The fourth-order valence-electron chi connectivity index (χ4n) is 1.78. The summed E-state index contributed by atoms with van der Waals surface area (Å²) < 4.78 is 2.00. The van der Waals surface area contributed by atoms with Gasteiger partial charge in [0.2, 0.25) is 0 Å². The highest BCUT2D eigenvalue weighted by molar-refractivity contribution is 9.10. The molecule has 1 amide bonds. The number of rotatable bonds is 2. The van der Waals surface area contributed by atoms with Crippen molar-refractivity contribution in [3.8, 4) is 0 Å². The van der Waals surface area contributed by atoms with E-state index in [1.165, 1.54) is 4.70 Å². The lowest BCUT2D eigenvalue weighted by molar-refractivity contribution is 0.102. The minimum atomic E-state index is -0.164. The van der Waals surface area contributed by atoms with E-state index < -0.39 is 0 Å². The van der Waals surface area contributed by atoms with Crippen LogP contribution in [0.4, 0.5) is 5.69 Å². The van der Waals surface area contributed by atoms with Crippen molar-refractivity contribution in [2.45, 2.75) is 0 Å². The van der Waals surface area contributed by atoms with Crippen molar-refractivity contribution in [1.82, 2.24) is 4.98 Å². The predicted molar refractivity (Wildman–Crippen MR) is 81.7 cm³/mol. The monoisotopic (exact) mass is 332 g/mol. The van der Waals surface area contributed by atoms with Crippen molar-refractivity contribution in [2.24, 2.45) is 0 Å². The Kier molecular flexibility index (Phi) is 3.31. The van der Waals surface area contributed by atoms with Crippen molar-refractivity contribution < 1.29 is 4.79 Å². The van der Waals surface area contributed by atoms with E-state index in [9.17, 15) is 4.79 Å². The van der Waals surface area contributed by atoms with Crippen LogP contribution in [0.1, 0.15) is 10.4 Å². The van der Waals surface area contributed by atoms with Crippen LogP contribution in [0.2, 0.25) is 0 Å². The first kappa shape index (κ1) is 12.3. The molecular formula is C14H9BrN2OS. The molecule has 1 aromatic carbocycles. The zero-order valence-electron chi connectivity index (χ0n) is 9.76. The summed E-state index contributed by atoms with van der Waals surface area (Å²) >= 11 is 4.99. The van der Waals surface area contributed by atoms with Gasteiger partial charge < -0.3 is 5.32 Å². The molecule has 0 aliphatic rings. The molecule has 0 aliphatic heterocycles. The third-order valence-corrected chi connectivity index (χ3v) is 4.01. The van der Waals surface area contributed by atoms with Gasteiger partial charge in [0.1, 0.15) is 0 Å². The second-order valence-electron chi connectivity index (χ2n) is 4.02. The largest absolute Gasteiger partial charge is 0.322 e. The average Bonchev–Trinajstić information content (AvgIpc) is 2.86. The molecule has 3 rings (SSSR count). The topological polar surface area (TPSA) is 42.0 Å². The summed E-state index contributed by atoms with van der Waals surface area (Å²) in [6.07, 6.45) is 3.19. The molecule has 2 heterocycles. The maximum Gasteiger partial charge on any atom is 0.257 e. The van der Waals surface area contributed by atoms with Crippen LogP contribution in [0.5, 0.6) is 0 Å². The first-order valence-corrected chi connectivity index (χ1v) is 7.29. The Morgan fingerprint density at radius 3 is 2.95 bits per heavy atom. The van der Waals surface area contributed by atoms with E-state index in [-0.39, 0.29) is 5.91 Å². The quantitative estimate of drug-likeness (QED) is 0.759. The molecule has 0 saturated heterocycles. The number of benzene rings is 1. The van der Waals surface area contributed by atoms with E-state index in [0.29, 0.717) is 5.56 Å². The predicted octanol–water partition coefficient (Wildman–Crippen LogP) is 4.31. The van der Waals surface area contributed by atoms with Gasteiger partial charge in [-0.25, -0.2) is 0 Å². The van der Waals surface area contributed by atoms with Gasteiger partial charge in [0, 0.05) is 27.3 Å². The van der Waals surface area contributed by atoms with Gasteiger partial charge >= 0.3 is 0 Å². The third-order valence-electron chi connectivity index (χ3n) is 2.68. The smallest absolute Gasteiger partial charge is 0.257 e. The molecule has 0 radical (unpaired) electrons. The lowest BCUT2D eigenvalue weighted by Crippen LogP contribution is -2.12. The maximum absolute atomic E-state index is 12.1. The zero-order valence-corrected chi connectivity index (χ0v) is 12.2. The van der Waals surface area contributed by atoms with E-state index >= 15 is 0 Å². The molecule has 0 aliphatic carbocycles. The standard InChI is InChI=1S/C14H9BrN2OS/c15-11-5-10(7-16-8-11)14(18)17-12-1-2-13-9(6-12)3-4-19-13/h1-8H,(H,17,18). The molecule has 0 bridgehead atoms. The van der Waals surface area contributed by atoms with Crippen LogP contribution in [0, 0.1) is 0 Å². The summed E-state index contributed by atoms with van der Waals surface area (Å²) in [7, 11) is 0. The Morgan fingerprint density at radius 2 is 2.11 bits per heavy atom. The lowest BCUT2D eigenvalue weighted by Gasteiger charge is -2.05. The van der Waals surface area contributed by atoms with Gasteiger partial charge in [0.25, 0.3) is 5.91 Å². The van der Waals surface area contributed by atoms with E-state index in [0.717, 1.165) is 15.5 Å². The average molecular weight is 333 g/mol. The van der Waals surface area contributed by atoms with Crippen LogP contribution >= 0.6 is 27.3 Å². The Bertz CT molecular complexity index is 754. The maximum atomic E-state index is 12.1. The van der Waals surface area contributed by atoms with E-state index in [1.807, 2.05) is 29.6 Å². The van der Waals surface area contributed by atoms with E-state index in [4.69, 9.17) is 0 Å². The molecule has 2 aromatic heterocycles. The van der Waals surface area contributed by atoms with Gasteiger partial charge in [-0.1, -0.05) is 0 Å². The Morgan fingerprint density at radius 1 is 1.21 bits per heavy atom. The summed E-state index contributed by atoms with van der Waals surface area (Å²) in [5, 5.41) is 6.04. The van der Waals surface area contributed by atoms with Crippen LogP contribution in [-0.4, -0.2) is 10.9 Å². The number of hydrogen-bond donors (Lipinski definition) is 1. The molecule has 3 aromatic rings. The Balaban J connectivity index is 1.86. The minimum absolute atomic E-state index is 0.164. The van der Waals surface area contributed by atoms with Gasteiger partial charge in [0.05, 0.1) is 5.56 Å². The molecule has 0 unspecified atom stereocenters. The number of fused-ring (bicyclic) bond motifs is 1. The number of halogens is 1. The Hall–Kier alpha value is -1.72. The number of carbonyl (C=O) groups is 1. The highest BCUT2D eigenvalue weighted by Crippen LogP contribution is 2.24. The number of hydrogen-bond acceptors (Lipinski definition) is 3. The molecule has 94 valence electrons. The number of pyridine rings is 1. The number of carbonyl (C=O) groups excluding carboxylic acids is 1. The number of amides is 1. The molecule has 1 N–H and O–H groups in total. The fourth-order valence-corrected chi connectivity index (χ4v) is 2.92. The van der Waals surface area contributed by atoms with Crippen LogP contribution in [0.3, 0.4) is 0 Å². The summed E-state index contributed by atoms with van der Waals surface area (Å²) in [4.78, 5) is 16.1. The molecule has 0 saturated carbocycles. The number of nitrogens with one attached hydrogen (secondary N) is 1. The number of nitrogens with zero attached hydrogens (tertiary/aromatic N) is 1. The van der Waals surface area contributed by atoms with Gasteiger partial charge in [0.15, 0.2) is 0 Å². The SMILES string of the molecule is O=C(Nc1ccc2sccc2c1)c1cncc(Br)c1. The fraction of sp³-hybridized carbons (Fsp3) is 0. The third kappa shape index (κ3) is 2.67. The second kappa shape index (κ2) is 5.11. The lowest BCUT2D eigenvalue weighted by atomic mass is 10.2. The van der Waals surface area contributed by atoms with Gasteiger partial charge in [-0.3, -0.25) is 9.78 Å². The van der Waals surface area contributed by atoms with Crippen LogP contribution < -0.4 is 5.32 Å². The summed E-state index contributed by atoms with van der Waals surface area (Å²) in [6.45, 7) is 0. The first-order valence-electron chi connectivity index (χ1n) is 5.61.